The van der Waals surface area contributed by atoms with E-state index in [1.165, 1.54) is 25.7 Å². The quantitative estimate of drug-likeness (QED) is 0.869. The summed E-state index contributed by atoms with van der Waals surface area (Å²) in [5.41, 5.74) is 0. The second-order valence-corrected chi connectivity index (χ2v) is 6.26. The summed E-state index contributed by atoms with van der Waals surface area (Å²) in [4.78, 5) is 0. The molecule has 0 bridgehead atoms. The van der Waals surface area contributed by atoms with E-state index in [0.29, 0.717) is 6.04 Å². The topological polar surface area (TPSA) is 25.2 Å². The van der Waals surface area contributed by atoms with Crippen LogP contribution in [-0.4, -0.2) is 6.04 Å². The first kappa shape index (κ1) is 12.7. The third-order valence-electron chi connectivity index (χ3n) is 3.20. The average molecular weight is 351 g/mol. The molecule has 1 N–H and O–H groups in total. The maximum Gasteiger partial charge on any atom is 0.183 e. The Bertz CT molecular complexity index is 331. The molecule has 16 heavy (non-hydrogen) atoms. The van der Waals surface area contributed by atoms with Crippen molar-refractivity contribution in [1.82, 2.24) is 5.32 Å². The zero-order chi connectivity index (χ0) is 11.5. The van der Waals surface area contributed by atoms with Gasteiger partial charge in [-0.1, -0.05) is 19.8 Å². The fraction of sp³-hybridized carbons (Fsp3) is 0.667. The summed E-state index contributed by atoms with van der Waals surface area (Å²) in [6.45, 7) is 3.16. The van der Waals surface area contributed by atoms with Gasteiger partial charge in [0.25, 0.3) is 0 Å². The van der Waals surface area contributed by atoms with Crippen molar-refractivity contribution in [3.8, 4) is 0 Å². The molecule has 4 heteroatoms. The van der Waals surface area contributed by atoms with Crippen LogP contribution in [-0.2, 0) is 6.54 Å². The molecule has 0 aromatic carbocycles. The molecule has 1 aliphatic carbocycles. The van der Waals surface area contributed by atoms with Gasteiger partial charge in [-0.3, -0.25) is 0 Å². The van der Waals surface area contributed by atoms with Gasteiger partial charge in [0.15, 0.2) is 4.67 Å². The van der Waals surface area contributed by atoms with Crippen LogP contribution < -0.4 is 5.32 Å². The van der Waals surface area contributed by atoms with Gasteiger partial charge < -0.3 is 9.73 Å². The number of furan rings is 1. The molecule has 1 aliphatic rings. The van der Waals surface area contributed by atoms with Crippen molar-refractivity contribution in [2.45, 2.75) is 45.2 Å². The van der Waals surface area contributed by atoms with Crippen LogP contribution in [0.25, 0.3) is 0 Å². The first-order valence-electron chi connectivity index (χ1n) is 5.82. The van der Waals surface area contributed by atoms with Gasteiger partial charge in [0.1, 0.15) is 5.76 Å². The molecule has 1 aromatic rings. The molecule has 1 fully saturated rings. The van der Waals surface area contributed by atoms with Crippen LogP contribution in [0.2, 0.25) is 0 Å². The highest BCUT2D eigenvalue weighted by Crippen LogP contribution is 2.27. The van der Waals surface area contributed by atoms with Crippen LogP contribution in [0.15, 0.2) is 19.6 Å². The zero-order valence-corrected chi connectivity index (χ0v) is 12.6. The van der Waals surface area contributed by atoms with Crippen molar-refractivity contribution in [3.05, 3.63) is 21.0 Å². The van der Waals surface area contributed by atoms with Gasteiger partial charge in [-0.15, -0.1) is 0 Å². The molecule has 90 valence electrons. The maximum absolute atomic E-state index is 5.54. The van der Waals surface area contributed by atoms with Crippen molar-refractivity contribution < 1.29 is 4.42 Å². The fourth-order valence-corrected chi connectivity index (χ4v) is 3.00. The summed E-state index contributed by atoms with van der Waals surface area (Å²) in [7, 11) is 0. The van der Waals surface area contributed by atoms with Crippen molar-refractivity contribution >= 4 is 31.9 Å². The normalized spacial score (nSPS) is 25.9. The predicted octanol–water partition coefficient (Wildman–Crippen LogP) is 4.47. The number of nitrogens with one attached hydrogen (secondary N) is 1. The van der Waals surface area contributed by atoms with E-state index in [4.69, 9.17) is 4.42 Å². The molecule has 2 unspecified atom stereocenters. The molecule has 1 heterocycles. The van der Waals surface area contributed by atoms with E-state index in [9.17, 15) is 0 Å². The van der Waals surface area contributed by atoms with E-state index < -0.39 is 0 Å². The van der Waals surface area contributed by atoms with Crippen LogP contribution in [0, 0.1) is 5.92 Å². The minimum atomic E-state index is 0.659. The Kier molecular flexibility index (Phi) is 4.50. The summed E-state index contributed by atoms with van der Waals surface area (Å²) < 4.78 is 7.31. The highest BCUT2D eigenvalue weighted by molar-refractivity contribution is 9.13. The van der Waals surface area contributed by atoms with Crippen LogP contribution in [0.4, 0.5) is 0 Å². The van der Waals surface area contributed by atoms with E-state index >= 15 is 0 Å². The van der Waals surface area contributed by atoms with Crippen molar-refractivity contribution in [2.75, 3.05) is 0 Å². The smallest absolute Gasteiger partial charge is 0.183 e. The maximum atomic E-state index is 5.54. The second-order valence-electron chi connectivity index (χ2n) is 4.68. The van der Waals surface area contributed by atoms with Crippen LogP contribution in [0.1, 0.15) is 38.4 Å². The highest BCUT2D eigenvalue weighted by atomic mass is 79.9. The zero-order valence-electron chi connectivity index (χ0n) is 9.43. The molecule has 1 saturated carbocycles. The number of rotatable bonds is 3. The van der Waals surface area contributed by atoms with Gasteiger partial charge in [-0.2, -0.15) is 0 Å². The largest absolute Gasteiger partial charge is 0.452 e. The van der Waals surface area contributed by atoms with Crippen molar-refractivity contribution in [3.63, 3.8) is 0 Å². The van der Waals surface area contributed by atoms with Crippen molar-refractivity contribution in [2.24, 2.45) is 5.92 Å². The molecule has 1 aromatic heterocycles. The van der Waals surface area contributed by atoms with E-state index in [0.717, 1.165) is 27.4 Å². The second kappa shape index (κ2) is 5.69. The Hall–Kier alpha value is 0.200. The van der Waals surface area contributed by atoms with Gasteiger partial charge in [0.2, 0.25) is 0 Å². The molecule has 2 atom stereocenters. The Morgan fingerprint density at radius 3 is 2.88 bits per heavy atom. The summed E-state index contributed by atoms with van der Waals surface area (Å²) in [5, 5.41) is 3.57. The molecular formula is C12H17Br2NO. The van der Waals surface area contributed by atoms with Gasteiger partial charge in [0, 0.05) is 6.04 Å². The number of hydrogen-bond donors (Lipinski definition) is 1. The predicted molar refractivity (Wildman–Crippen MR) is 72.4 cm³/mol. The summed E-state index contributed by atoms with van der Waals surface area (Å²) >= 11 is 6.77. The fourth-order valence-electron chi connectivity index (χ4n) is 2.34. The lowest BCUT2D eigenvalue weighted by Gasteiger charge is -2.27. The molecule has 0 spiro atoms. The average Bonchev–Trinajstić information content (AvgIpc) is 2.56. The first-order chi connectivity index (χ1) is 7.65. The molecular weight excluding hydrogens is 334 g/mol. The van der Waals surface area contributed by atoms with Crippen molar-refractivity contribution in [1.29, 1.82) is 0 Å². The highest BCUT2D eigenvalue weighted by Gasteiger charge is 2.18. The Morgan fingerprint density at radius 1 is 1.44 bits per heavy atom. The summed E-state index contributed by atoms with van der Waals surface area (Å²) in [5.74, 6) is 1.85. The molecule has 0 radical (unpaired) electrons. The minimum absolute atomic E-state index is 0.659. The molecule has 0 amide bonds. The third-order valence-corrected chi connectivity index (χ3v) is 4.91. The summed E-state index contributed by atoms with van der Waals surface area (Å²) in [6.07, 6.45) is 5.33. The number of hydrogen-bond acceptors (Lipinski definition) is 2. The van der Waals surface area contributed by atoms with Crippen LogP contribution in [0.3, 0.4) is 0 Å². The SMILES string of the molecule is CC1CCCC(NCc2cc(Br)c(Br)o2)C1. The third kappa shape index (κ3) is 3.34. The molecule has 2 nitrogen and oxygen atoms in total. The Labute approximate surface area is 113 Å². The minimum Gasteiger partial charge on any atom is -0.452 e. The summed E-state index contributed by atoms with van der Waals surface area (Å²) in [6, 6.07) is 2.68. The van der Waals surface area contributed by atoms with Gasteiger partial charge in [-0.25, -0.2) is 0 Å². The van der Waals surface area contributed by atoms with E-state index in [2.05, 4.69) is 44.1 Å². The molecule has 0 aliphatic heterocycles. The lowest BCUT2D eigenvalue weighted by molar-refractivity contribution is 0.293. The molecule has 0 saturated heterocycles. The van der Waals surface area contributed by atoms with Crippen LogP contribution in [0.5, 0.6) is 0 Å². The lowest BCUT2D eigenvalue weighted by atomic mass is 9.87. The van der Waals surface area contributed by atoms with E-state index in [1.807, 2.05) is 6.07 Å². The number of halogens is 2. The van der Waals surface area contributed by atoms with Gasteiger partial charge in [-0.05, 0) is 56.7 Å². The molecule has 2 rings (SSSR count). The Balaban J connectivity index is 1.82. The lowest BCUT2D eigenvalue weighted by Crippen LogP contribution is -2.32. The van der Waals surface area contributed by atoms with Crippen LogP contribution >= 0.6 is 31.9 Å². The van der Waals surface area contributed by atoms with Gasteiger partial charge in [0.05, 0.1) is 11.0 Å². The standard InChI is InChI=1S/C12H17Br2NO/c1-8-3-2-4-9(5-8)15-7-10-6-11(13)12(14)16-10/h6,8-9,15H,2-5,7H2,1H3. The first-order valence-corrected chi connectivity index (χ1v) is 7.41. The Morgan fingerprint density at radius 2 is 2.25 bits per heavy atom. The van der Waals surface area contributed by atoms with E-state index in [-0.39, 0.29) is 0 Å². The van der Waals surface area contributed by atoms with Gasteiger partial charge >= 0.3 is 0 Å². The van der Waals surface area contributed by atoms with E-state index in [1.54, 1.807) is 0 Å². The monoisotopic (exact) mass is 349 g/mol.